The van der Waals surface area contributed by atoms with Crippen molar-refractivity contribution in [3.63, 3.8) is 0 Å². The Kier molecular flexibility index (Phi) is 1.94. The van der Waals surface area contributed by atoms with Crippen LogP contribution in [0.2, 0.25) is 0 Å². The molecule has 54 valence electrons. The van der Waals surface area contributed by atoms with Crippen molar-refractivity contribution in [1.29, 1.82) is 0 Å². The first-order chi connectivity index (χ1) is 4.13. The van der Waals surface area contributed by atoms with Gasteiger partial charge in [-0.05, 0) is 12.3 Å². The summed E-state index contributed by atoms with van der Waals surface area (Å²) in [5.41, 5.74) is 0. The van der Waals surface area contributed by atoms with E-state index in [1.165, 1.54) is 6.42 Å². The molecule has 9 heavy (non-hydrogen) atoms. The van der Waals surface area contributed by atoms with Gasteiger partial charge in [0, 0.05) is 21.3 Å². The second-order valence-corrected chi connectivity index (χ2v) is 5.22. The van der Waals surface area contributed by atoms with Gasteiger partial charge in [-0.1, -0.05) is 20.8 Å². The number of hydrogen-bond acceptors (Lipinski definition) is 1. The molecular weight excluding hydrogens is 132 g/mol. The van der Waals surface area contributed by atoms with Crippen molar-refractivity contribution in [2.45, 2.75) is 37.7 Å². The van der Waals surface area contributed by atoms with Gasteiger partial charge in [-0.15, -0.1) is 0 Å². The third-order valence-corrected chi connectivity index (χ3v) is 4.32. The summed E-state index contributed by atoms with van der Waals surface area (Å²) in [6.45, 7) is 6.36. The Morgan fingerprint density at radius 3 is 2.22 bits per heavy atom. The summed E-state index contributed by atoms with van der Waals surface area (Å²) in [7, 11) is -0.505. The summed E-state index contributed by atoms with van der Waals surface area (Å²) in [6, 6.07) is 0. The molecule has 1 rings (SSSR count). The van der Waals surface area contributed by atoms with Gasteiger partial charge in [0.15, 0.2) is 0 Å². The molecule has 1 nitrogen and oxygen atoms in total. The van der Waals surface area contributed by atoms with Gasteiger partial charge in [0.25, 0.3) is 0 Å². The molecule has 0 aromatic rings. The van der Waals surface area contributed by atoms with Crippen LogP contribution < -0.4 is 0 Å². The Bertz CT molecular complexity index is 131. The van der Waals surface area contributed by atoms with Crippen LogP contribution in [0.3, 0.4) is 0 Å². The molecule has 0 aromatic carbocycles. The van der Waals surface area contributed by atoms with E-state index in [1.54, 1.807) is 0 Å². The van der Waals surface area contributed by atoms with Gasteiger partial charge in [0.05, 0.1) is 0 Å². The average molecular weight is 146 g/mol. The zero-order valence-corrected chi connectivity index (χ0v) is 7.07. The van der Waals surface area contributed by atoms with Crippen molar-refractivity contribution in [3.05, 3.63) is 0 Å². The maximum absolute atomic E-state index is 11.1. The molecule has 2 heteroatoms. The highest BCUT2D eigenvalue weighted by molar-refractivity contribution is 7.87. The maximum Gasteiger partial charge on any atom is 0.0385 e. The summed E-state index contributed by atoms with van der Waals surface area (Å²) in [4.78, 5) is 0. The molecule has 0 aliphatic carbocycles. The quantitative estimate of drug-likeness (QED) is 0.548. The van der Waals surface area contributed by atoms with E-state index in [0.29, 0.717) is 16.4 Å². The van der Waals surface area contributed by atoms with Crippen molar-refractivity contribution in [2.24, 2.45) is 5.92 Å². The van der Waals surface area contributed by atoms with Crippen LogP contribution in [0.25, 0.3) is 0 Å². The molecular formula is C7H14OS. The van der Waals surface area contributed by atoms with Gasteiger partial charge in [0.1, 0.15) is 0 Å². The smallest absolute Gasteiger partial charge is 0.0385 e. The molecule has 0 N–H and O–H groups in total. The first-order valence-electron chi connectivity index (χ1n) is 3.52. The van der Waals surface area contributed by atoms with E-state index in [1.807, 2.05) is 0 Å². The highest BCUT2D eigenvalue weighted by Gasteiger charge is 2.36. The van der Waals surface area contributed by atoms with E-state index in [9.17, 15) is 4.21 Å². The minimum Gasteiger partial charge on any atom is -0.259 e. The van der Waals surface area contributed by atoms with E-state index >= 15 is 0 Å². The fraction of sp³-hybridized carbons (Fsp3) is 1.00. The Morgan fingerprint density at radius 2 is 2.11 bits per heavy atom. The highest BCUT2D eigenvalue weighted by atomic mass is 32.2. The van der Waals surface area contributed by atoms with Gasteiger partial charge in [-0.3, -0.25) is 4.21 Å². The molecule has 0 bridgehead atoms. The zero-order chi connectivity index (χ0) is 7.02. The van der Waals surface area contributed by atoms with Crippen molar-refractivity contribution in [2.75, 3.05) is 0 Å². The monoisotopic (exact) mass is 146 g/mol. The van der Waals surface area contributed by atoms with Crippen LogP contribution in [0.1, 0.15) is 27.2 Å². The van der Waals surface area contributed by atoms with E-state index < -0.39 is 10.8 Å². The fourth-order valence-electron chi connectivity index (χ4n) is 1.23. The van der Waals surface area contributed by atoms with Crippen LogP contribution in [0.15, 0.2) is 0 Å². The summed E-state index contributed by atoms with van der Waals surface area (Å²) in [5.74, 6) is 0.613. The Morgan fingerprint density at radius 1 is 1.56 bits per heavy atom. The highest BCUT2D eigenvalue weighted by Crippen LogP contribution is 2.29. The lowest BCUT2D eigenvalue weighted by atomic mass is 10.1. The Hall–Kier alpha value is 0.150. The predicted molar refractivity (Wildman–Crippen MR) is 40.8 cm³/mol. The van der Waals surface area contributed by atoms with E-state index in [-0.39, 0.29) is 0 Å². The Labute approximate surface area is 59.3 Å². The minimum absolute atomic E-state index is 0.470. The van der Waals surface area contributed by atoms with Gasteiger partial charge < -0.3 is 0 Å². The standard InChI is InChI=1S/C7H14OS/c1-5(2)7-4-6(3)9(7)8/h5-7H,4H2,1-3H3. The predicted octanol–water partition coefficient (Wildman–Crippen LogP) is 1.55. The van der Waals surface area contributed by atoms with Crippen molar-refractivity contribution in [3.8, 4) is 0 Å². The van der Waals surface area contributed by atoms with Crippen LogP contribution in [0, 0.1) is 5.92 Å². The molecule has 3 unspecified atom stereocenters. The molecule has 1 aliphatic heterocycles. The van der Waals surface area contributed by atoms with Gasteiger partial charge in [0.2, 0.25) is 0 Å². The third-order valence-electron chi connectivity index (χ3n) is 2.00. The van der Waals surface area contributed by atoms with Crippen molar-refractivity contribution >= 4 is 10.8 Å². The zero-order valence-electron chi connectivity index (χ0n) is 6.26. The topological polar surface area (TPSA) is 17.1 Å². The molecule has 0 amide bonds. The van der Waals surface area contributed by atoms with E-state index in [2.05, 4.69) is 20.8 Å². The maximum atomic E-state index is 11.1. The van der Waals surface area contributed by atoms with E-state index in [4.69, 9.17) is 0 Å². The third kappa shape index (κ3) is 1.18. The molecule has 1 fully saturated rings. The van der Waals surface area contributed by atoms with Crippen molar-refractivity contribution < 1.29 is 4.21 Å². The first-order valence-corrected chi connectivity index (χ1v) is 4.80. The summed E-state index contributed by atoms with van der Waals surface area (Å²) >= 11 is 0. The van der Waals surface area contributed by atoms with Crippen molar-refractivity contribution in [1.82, 2.24) is 0 Å². The summed E-state index contributed by atoms with van der Waals surface area (Å²) in [5, 5.41) is 0.970. The molecule has 0 saturated carbocycles. The first kappa shape index (κ1) is 7.26. The lowest BCUT2D eigenvalue weighted by Gasteiger charge is -2.34. The Balaban J connectivity index is 2.42. The van der Waals surface area contributed by atoms with Gasteiger partial charge in [-0.25, -0.2) is 0 Å². The van der Waals surface area contributed by atoms with Crippen LogP contribution >= 0.6 is 0 Å². The number of hydrogen-bond donors (Lipinski definition) is 0. The molecule has 0 radical (unpaired) electrons. The second kappa shape index (κ2) is 2.41. The van der Waals surface area contributed by atoms with Gasteiger partial charge in [-0.2, -0.15) is 0 Å². The molecule has 3 atom stereocenters. The SMILES string of the molecule is CC(C)C1CC(C)S1=O. The largest absolute Gasteiger partial charge is 0.259 e. The fourth-order valence-corrected chi connectivity index (χ4v) is 2.88. The molecule has 1 aliphatic rings. The van der Waals surface area contributed by atoms with E-state index in [0.717, 1.165) is 0 Å². The normalized spacial score (nSPS) is 42.9. The van der Waals surface area contributed by atoms with Crippen LogP contribution in [-0.2, 0) is 10.8 Å². The van der Waals surface area contributed by atoms with Crippen LogP contribution in [0.4, 0.5) is 0 Å². The number of rotatable bonds is 1. The molecule has 0 spiro atoms. The van der Waals surface area contributed by atoms with Crippen LogP contribution in [0.5, 0.6) is 0 Å². The lowest BCUT2D eigenvalue weighted by Crippen LogP contribution is -2.41. The molecule has 1 saturated heterocycles. The average Bonchev–Trinajstić information content (AvgIpc) is 1.81. The minimum atomic E-state index is -0.505. The molecule has 1 heterocycles. The second-order valence-electron chi connectivity index (χ2n) is 3.16. The molecule has 0 aromatic heterocycles. The summed E-state index contributed by atoms with van der Waals surface area (Å²) < 4.78 is 11.1. The summed E-state index contributed by atoms with van der Waals surface area (Å²) in [6.07, 6.45) is 1.17. The van der Waals surface area contributed by atoms with Crippen LogP contribution in [-0.4, -0.2) is 14.7 Å². The lowest BCUT2D eigenvalue weighted by molar-refractivity contribution is 0.500. The van der Waals surface area contributed by atoms with Gasteiger partial charge >= 0.3 is 0 Å².